The first-order chi connectivity index (χ1) is 8.72. The van der Waals surface area contributed by atoms with Gasteiger partial charge in [0, 0.05) is 11.6 Å². The fraction of sp³-hybridized carbons (Fsp3) is 0.200. The molecule has 0 saturated heterocycles. The second-order valence-corrected chi connectivity index (χ2v) is 5.24. The van der Waals surface area contributed by atoms with Gasteiger partial charge in [-0.15, -0.1) is 0 Å². The molecule has 0 saturated carbocycles. The highest BCUT2D eigenvalue weighted by molar-refractivity contribution is 14.1. The van der Waals surface area contributed by atoms with Gasteiger partial charge in [0.05, 0.1) is 3.57 Å². The van der Waals surface area contributed by atoms with Crippen LogP contribution in [0.25, 0.3) is 0 Å². The van der Waals surface area contributed by atoms with E-state index in [1.807, 2.05) is 49.5 Å². The lowest BCUT2D eigenvalue weighted by Crippen LogP contribution is -2.13. The van der Waals surface area contributed by atoms with E-state index < -0.39 is 0 Å². The summed E-state index contributed by atoms with van der Waals surface area (Å²) in [4.78, 5) is 0. The third-order valence-corrected chi connectivity index (χ3v) is 3.77. The molecular formula is C15H16INO. The Bertz CT molecular complexity index is 527. The molecule has 0 spiro atoms. The highest BCUT2D eigenvalue weighted by Gasteiger charge is 2.10. The standard InChI is InChI=1S/C15H16INO/c1-11(17-2)12-7-3-5-9-14(12)18-15-10-6-4-8-13(15)16/h3-11,17H,1-2H3. The van der Waals surface area contributed by atoms with E-state index in [2.05, 4.69) is 40.9 Å². The molecule has 0 heterocycles. The average molecular weight is 353 g/mol. The van der Waals surface area contributed by atoms with Crippen LogP contribution in [0.5, 0.6) is 11.5 Å². The molecular weight excluding hydrogens is 337 g/mol. The van der Waals surface area contributed by atoms with Crippen LogP contribution < -0.4 is 10.1 Å². The van der Waals surface area contributed by atoms with E-state index >= 15 is 0 Å². The van der Waals surface area contributed by atoms with Crippen molar-refractivity contribution in [1.29, 1.82) is 0 Å². The summed E-state index contributed by atoms with van der Waals surface area (Å²) in [6.45, 7) is 2.12. The van der Waals surface area contributed by atoms with Crippen LogP contribution in [-0.4, -0.2) is 7.05 Å². The van der Waals surface area contributed by atoms with E-state index in [1.54, 1.807) is 0 Å². The Morgan fingerprint density at radius 2 is 1.61 bits per heavy atom. The predicted octanol–water partition coefficient (Wildman–Crippen LogP) is 4.36. The quantitative estimate of drug-likeness (QED) is 0.825. The van der Waals surface area contributed by atoms with Crippen LogP contribution in [0.3, 0.4) is 0 Å². The Morgan fingerprint density at radius 1 is 1.00 bits per heavy atom. The smallest absolute Gasteiger partial charge is 0.140 e. The third kappa shape index (κ3) is 3.03. The largest absolute Gasteiger partial charge is 0.456 e. The summed E-state index contributed by atoms with van der Waals surface area (Å²) in [7, 11) is 1.95. The minimum Gasteiger partial charge on any atom is -0.456 e. The monoisotopic (exact) mass is 353 g/mol. The van der Waals surface area contributed by atoms with Crippen LogP contribution in [0.2, 0.25) is 0 Å². The molecule has 1 atom stereocenters. The highest BCUT2D eigenvalue weighted by atomic mass is 127. The molecule has 0 amide bonds. The van der Waals surface area contributed by atoms with Crippen molar-refractivity contribution in [2.24, 2.45) is 0 Å². The Labute approximate surface area is 122 Å². The maximum Gasteiger partial charge on any atom is 0.140 e. The Morgan fingerprint density at radius 3 is 2.28 bits per heavy atom. The summed E-state index contributed by atoms with van der Waals surface area (Å²) in [5.41, 5.74) is 1.17. The molecule has 1 N–H and O–H groups in total. The Hall–Kier alpha value is -1.07. The van der Waals surface area contributed by atoms with Gasteiger partial charge in [0.15, 0.2) is 0 Å². The van der Waals surface area contributed by atoms with Crippen molar-refractivity contribution in [2.45, 2.75) is 13.0 Å². The average Bonchev–Trinajstić information content (AvgIpc) is 2.41. The molecule has 2 aromatic carbocycles. The number of ether oxygens (including phenoxy) is 1. The van der Waals surface area contributed by atoms with Crippen molar-refractivity contribution in [2.75, 3.05) is 7.05 Å². The van der Waals surface area contributed by atoms with Crippen LogP contribution in [-0.2, 0) is 0 Å². The molecule has 3 heteroatoms. The van der Waals surface area contributed by atoms with Crippen LogP contribution in [0, 0.1) is 3.57 Å². The molecule has 0 aliphatic rings. The minimum atomic E-state index is 0.266. The minimum absolute atomic E-state index is 0.266. The highest BCUT2D eigenvalue weighted by Crippen LogP contribution is 2.31. The summed E-state index contributed by atoms with van der Waals surface area (Å²) in [5, 5.41) is 3.24. The number of hydrogen-bond acceptors (Lipinski definition) is 2. The SMILES string of the molecule is CNC(C)c1ccccc1Oc1ccccc1I. The van der Waals surface area contributed by atoms with Crippen molar-refractivity contribution in [3.8, 4) is 11.5 Å². The second kappa shape index (κ2) is 6.20. The van der Waals surface area contributed by atoms with Gasteiger partial charge in [0.25, 0.3) is 0 Å². The first-order valence-electron chi connectivity index (χ1n) is 5.91. The van der Waals surface area contributed by atoms with Gasteiger partial charge in [-0.2, -0.15) is 0 Å². The molecule has 0 radical (unpaired) electrons. The van der Waals surface area contributed by atoms with E-state index in [9.17, 15) is 0 Å². The lowest BCUT2D eigenvalue weighted by Gasteiger charge is -2.16. The van der Waals surface area contributed by atoms with Gasteiger partial charge >= 0.3 is 0 Å². The molecule has 2 rings (SSSR count). The Balaban J connectivity index is 2.32. The molecule has 2 nitrogen and oxygen atoms in total. The normalized spacial score (nSPS) is 12.2. The number of rotatable bonds is 4. The summed E-state index contributed by atoms with van der Waals surface area (Å²) in [6.07, 6.45) is 0. The second-order valence-electron chi connectivity index (χ2n) is 4.08. The number of benzene rings is 2. The van der Waals surface area contributed by atoms with E-state index in [0.717, 1.165) is 15.1 Å². The number of para-hydroxylation sites is 2. The number of nitrogens with one attached hydrogen (secondary N) is 1. The fourth-order valence-corrected chi connectivity index (χ4v) is 2.23. The van der Waals surface area contributed by atoms with Gasteiger partial charge in [-0.05, 0) is 54.8 Å². The molecule has 1 unspecified atom stereocenters. The lowest BCUT2D eigenvalue weighted by atomic mass is 10.1. The van der Waals surface area contributed by atoms with Crippen molar-refractivity contribution in [3.05, 3.63) is 57.7 Å². The maximum atomic E-state index is 6.02. The molecule has 18 heavy (non-hydrogen) atoms. The molecule has 0 aromatic heterocycles. The molecule has 2 aromatic rings. The number of halogens is 1. The predicted molar refractivity (Wildman–Crippen MR) is 83.1 cm³/mol. The molecule has 0 aliphatic carbocycles. The first-order valence-corrected chi connectivity index (χ1v) is 6.99. The van der Waals surface area contributed by atoms with Crippen LogP contribution >= 0.6 is 22.6 Å². The molecule has 0 aliphatic heterocycles. The van der Waals surface area contributed by atoms with Crippen molar-refractivity contribution < 1.29 is 4.74 Å². The van der Waals surface area contributed by atoms with Crippen molar-refractivity contribution in [1.82, 2.24) is 5.32 Å². The third-order valence-electron chi connectivity index (χ3n) is 2.88. The summed E-state index contributed by atoms with van der Waals surface area (Å²) >= 11 is 2.28. The Kier molecular flexibility index (Phi) is 4.60. The van der Waals surface area contributed by atoms with Crippen LogP contribution in [0.1, 0.15) is 18.5 Å². The zero-order chi connectivity index (χ0) is 13.0. The summed E-state index contributed by atoms with van der Waals surface area (Å²) in [5.74, 6) is 1.80. The van der Waals surface area contributed by atoms with Gasteiger partial charge in [-0.1, -0.05) is 30.3 Å². The van der Waals surface area contributed by atoms with E-state index in [0.29, 0.717) is 0 Å². The number of hydrogen-bond donors (Lipinski definition) is 1. The summed E-state index contributed by atoms with van der Waals surface area (Å²) < 4.78 is 7.13. The maximum absolute atomic E-state index is 6.02. The molecule has 0 fully saturated rings. The topological polar surface area (TPSA) is 21.3 Å². The van der Waals surface area contributed by atoms with E-state index in [1.165, 1.54) is 5.56 Å². The van der Waals surface area contributed by atoms with Gasteiger partial charge < -0.3 is 10.1 Å². The zero-order valence-electron chi connectivity index (χ0n) is 10.5. The summed E-state index contributed by atoms with van der Waals surface area (Å²) in [6, 6.07) is 16.4. The van der Waals surface area contributed by atoms with E-state index in [4.69, 9.17) is 4.74 Å². The van der Waals surface area contributed by atoms with E-state index in [-0.39, 0.29) is 6.04 Å². The van der Waals surface area contributed by atoms with Crippen LogP contribution in [0.4, 0.5) is 0 Å². The van der Waals surface area contributed by atoms with Crippen molar-refractivity contribution in [3.63, 3.8) is 0 Å². The molecule has 94 valence electrons. The fourth-order valence-electron chi connectivity index (χ4n) is 1.73. The van der Waals surface area contributed by atoms with Crippen LogP contribution in [0.15, 0.2) is 48.5 Å². The first kappa shape index (κ1) is 13.4. The lowest BCUT2D eigenvalue weighted by molar-refractivity contribution is 0.463. The van der Waals surface area contributed by atoms with Gasteiger partial charge in [0.1, 0.15) is 11.5 Å². The van der Waals surface area contributed by atoms with Crippen molar-refractivity contribution >= 4 is 22.6 Å². The van der Waals surface area contributed by atoms with Gasteiger partial charge in [-0.3, -0.25) is 0 Å². The van der Waals surface area contributed by atoms with Gasteiger partial charge in [0.2, 0.25) is 0 Å². The molecule has 0 bridgehead atoms. The van der Waals surface area contributed by atoms with Gasteiger partial charge in [-0.25, -0.2) is 0 Å². The zero-order valence-corrected chi connectivity index (χ0v) is 12.6.